The van der Waals surface area contributed by atoms with E-state index >= 15 is 0 Å². The average molecular weight is 205 g/mol. The predicted molar refractivity (Wildman–Crippen MR) is 61.4 cm³/mol. The maximum atomic E-state index is 13.8. The van der Waals surface area contributed by atoms with Crippen LogP contribution in [0.3, 0.4) is 0 Å². The van der Waals surface area contributed by atoms with Crippen LogP contribution in [0, 0.1) is 11.7 Å². The highest BCUT2D eigenvalue weighted by Gasteiger charge is 2.42. The maximum absolute atomic E-state index is 13.8. The van der Waals surface area contributed by atoms with Crippen molar-refractivity contribution in [1.82, 2.24) is 0 Å². The number of hydrogen-bond acceptors (Lipinski definition) is 1. The molecule has 0 spiro atoms. The lowest BCUT2D eigenvalue weighted by atomic mass is 9.73. The van der Waals surface area contributed by atoms with Crippen LogP contribution in [-0.2, 0) is 5.41 Å². The molecule has 1 nitrogen and oxygen atoms in total. The number of anilines is 1. The quantitative estimate of drug-likeness (QED) is 0.737. The molecule has 1 aromatic carbocycles. The molecule has 1 heterocycles. The van der Waals surface area contributed by atoms with Gasteiger partial charge in [0, 0.05) is 22.4 Å². The van der Waals surface area contributed by atoms with E-state index in [1.165, 1.54) is 6.07 Å². The van der Waals surface area contributed by atoms with Crippen molar-refractivity contribution in [2.75, 3.05) is 5.32 Å². The number of benzene rings is 1. The number of nitrogens with one attached hydrogen (secondary N) is 1. The Bertz CT molecular complexity index is 423. The molecule has 1 aliphatic heterocycles. The minimum absolute atomic E-state index is 0.144. The third-order valence-corrected chi connectivity index (χ3v) is 3.60. The van der Waals surface area contributed by atoms with Crippen molar-refractivity contribution < 1.29 is 4.39 Å². The molecule has 80 valence electrons. The molecule has 0 fully saturated rings. The van der Waals surface area contributed by atoms with Crippen molar-refractivity contribution in [3.05, 3.63) is 41.9 Å². The zero-order valence-corrected chi connectivity index (χ0v) is 9.39. The summed E-state index contributed by atoms with van der Waals surface area (Å²) in [5.41, 5.74) is 2.19. The van der Waals surface area contributed by atoms with Gasteiger partial charge in [-0.3, -0.25) is 0 Å². The Kier molecular flexibility index (Phi) is 2.10. The molecule has 0 bridgehead atoms. The van der Waals surface area contributed by atoms with Crippen LogP contribution in [0.5, 0.6) is 0 Å². The Morgan fingerprint density at radius 3 is 2.67 bits per heavy atom. The first-order chi connectivity index (χ1) is 6.98. The number of halogens is 1. The van der Waals surface area contributed by atoms with E-state index in [2.05, 4.69) is 25.7 Å². The molecule has 0 saturated carbocycles. The third-order valence-electron chi connectivity index (χ3n) is 3.60. The van der Waals surface area contributed by atoms with Gasteiger partial charge in [0.25, 0.3) is 0 Å². The van der Waals surface area contributed by atoms with Crippen LogP contribution >= 0.6 is 0 Å². The molecule has 0 unspecified atom stereocenters. The zero-order chi connectivity index (χ0) is 11.2. The first kappa shape index (κ1) is 10.2. The Morgan fingerprint density at radius 2 is 2.07 bits per heavy atom. The van der Waals surface area contributed by atoms with Gasteiger partial charge in [0.2, 0.25) is 0 Å². The third kappa shape index (κ3) is 1.21. The van der Waals surface area contributed by atoms with E-state index in [9.17, 15) is 4.39 Å². The summed E-state index contributed by atoms with van der Waals surface area (Å²) in [6, 6.07) is 5.14. The molecule has 0 radical (unpaired) electrons. The van der Waals surface area contributed by atoms with E-state index in [4.69, 9.17) is 0 Å². The Labute approximate surface area is 90.0 Å². The SMILES string of the molecule is C=C1Nc2cccc(F)c2[C@@]1(C)C(C)C. The number of hydrogen-bond donors (Lipinski definition) is 1. The molecule has 0 saturated heterocycles. The van der Waals surface area contributed by atoms with Gasteiger partial charge in [0.1, 0.15) is 5.82 Å². The van der Waals surface area contributed by atoms with Gasteiger partial charge in [-0.25, -0.2) is 4.39 Å². The van der Waals surface area contributed by atoms with Crippen LogP contribution in [-0.4, -0.2) is 0 Å². The number of fused-ring (bicyclic) bond motifs is 1. The van der Waals surface area contributed by atoms with Gasteiger partial charge in [0.15, 0.2) is 0 Å². The van der Waals surface area contributed by atoms with Crippen molar-refractivity contribution >= 4 is 5.69 Å². The minimum atomic E-state index is -0.305. The molecular formula is C13H16FN. The summed E-state index contributed by atoms with van der Waals surface area (Å²) in [7, 11) is 0. The van der Waals surface area contributed by atoms with Crippen LogP contribution in [0.15, 0.2) is 30.5 Å². The molecule has 0 aliphatic carbocycles. The van der Waals surface area contributed by atoms with Gasteiger partial charge in [0.05, 0.1) is 0 Å². The minimum Gasteiger partial charge on any atom is -0.358 e. The lowest BCUT2D eigenvalue weighted by molar-refractivity contribution is 0.396. The van der Waals surface area contributed by atoms with Crippen molar-refractivity contribution in [2.45, 2.75) is 26.2 Å². The monoisotopic (exact) mass is 205 g/mol. The Balaban J connectivity index is 2.68. The van der Waals surface area contributed by atoms with E-state index in [0.717, 1.165) is 16.9 Å². The largest absolute Gasteiger partial charge is 0.358 e. The van der Waals surface area contributed by atoms with Crippen molar-refractivity contribution in [3.8, 4) is 0 Å². The van der Waals surface area contributed by atoms with Gasteiger partial charge in [-0.1, -0.05) is 26.5 Å². The van der Waals surface area contributed by atoms with Crippen molar-refractivity contribution in [1.29, 1.82) is 0 Å². The molecule has 0 amide bonds. The van der Waals surface area contributed by atoms with Crippen LogP contribution in [0.4, 0.5) is 10.1 Å². The smallest absolute Gasteiger partial charge is 0.129 e. The first-order valence-corrected chi connectivity index (χ1v) is 5.23. The van der Waals surface area contributed by atoms with Gasteiger partial charge < -0.3 is 5.32 Å². The fraction of sp³-hybridized carbons (Fsp3) is 0.385. The zero-order valence-electron chi connectivity index (χ0n) is 9.39. The van der Waals surface area contributed by atoms with Crippen molar-refractivity contribution in [3.63, 3.8) is 0 Å². The lowest BCUT2D eigenvalue weighted by Gasteiger charge is -2.30. The highest BCUT2D eigenvalue weighted by Crippen LogP contribution is 2.48. The van der Waals surface area contributed by atoms with Gasteiger partial charge >= 0.3 is 0 Å². The van der Waals surface area contributed by atoms with E-state index in [1.54, 1.807) is 6.07 Å². The van der Waals surface area contributed by atoms with E-state index in [0.29, 0.717) is 5.92 Å². The fourth-order valence-electron chi connectivity index (χ4n) is 2.24. The Morgan fingerprint density at radius 1 is 1.40 bits per heavy atom. The van der Waals surface area contributed by atoms with Crippen LogP contribution in [0.1, 0.15) is 26.3 Å². The summed E-state index contributed by atoms with van der Waals surface area (Å²) in [6.07, 6.45) is 0. The number of allylic oxidation sites excluding steroid dienone is 1. The van der Waals surface area contributed by atoms with Gasteiger partial charge in [-0.05, 0) is 25.0 Å². The van der Waals surface area contributed by atoms with E-state index in [1.807, 2.05) is 13.0 Å². The summed E-state index contributed by atoms with van der Waals surface area (Å²) in [5, 5.41) is 3.18. The van der Waals surface area contributed by atoms with Crippen LogP contribution < -0.4 is 5.32 Å². The topological polar surface area (TPSA) is 12.0 Å². The second-order valence-corrected chi connectivity index (χ2v) is 4.62. The van der Waals surface area contributed by atoms with Crippen LogP contribution in [0.2, 0.25) is 0 Å². The maximum Gasteiger partial charge on any atom is 0.129 e. The predicted octanol–water partition coefficient (Wildman–Crippen LogP) is 3.68. The average Bonchev–Trinajstić information content (AvgIpc) is 2.41. The van der Waals surface area contributed by atoms with Gasteiger partial charge in [-0.2, -0.15) is 0 Å². The fourth-order valence-corrected chi connectivity index (χ4v) is 2.24. The summed E-state index contributed by atoms with van der Waals surface area (Å²) in [4.78, 5) is 0. The van der Waals surface area contributed by atoms with E-state index < -0.39 is 0 Å². The molecule has 2 heteroatoms. The molecule has 1 N–H and O–H groups in total. The Hall–Kier alpha value is -1.31. The summed E-state index contributed by atoms with van der Waals surface area (Å²) in [5.74, 6) is 0.172. The second kappa shape index (κ2) is 3.09. The van der Waals surface area contributed by atoms with Crippen molar-refractivity contribution in [2.24, 2.45) is 5.92 Å². The molecule has 15 heavy (non-hydrogen) atoms. The summed E-state index contributed by atoms with van der Waals surface area (Å²) < 4.78 is 13.8. The number of rotatable bonds is 1. The van der Waals surface area contributed by atoms with Gasteiger partial charge in [-0.15, -0.1) is 0 Å². The molecular weight excluding hydrogens is 189 g/mol. The first-order valence-electron chi connectivity index (χ1n) is 5.23. The molecule has 0 aromatic heterocycles. The molecule has 2 rings (SSSR count). The normalized spacial score (nSPS) is 24.2. The summed E-state index contributed by atoms with van der Waals surface area (Å²) in [6.45, 7) is 10.2. The molecule has 1 aliphatic rings. The highest BCUT2D eigenvalue weighted by molar-refractivity contribution is 5.68. The molecule has 1 atom stereocenters. The highest BCUT2D eigenvalue weighted by atomic mass is 19.1. The van der Waals surface area contributed by atoms with Crippen LogP contribution in [0.25, 0.3) is 0 Å². The lowest BCUT2D eigenvalue weighted by Crippen LogP contribution is -2.29. The second-order valence-electron chi connectivity index (χ2n) is 4.62. The molecule has 1 aromatic rings. The standard InChI is InChI=1S/C13H16FN/c1-8(2)13(4)9(3)15-11-7-5-6-10(14)12(11)13/h5-8,15H,3H2,1-2,4H3/t13-/m0/s1. The van der Waals surface area contributed by atoms with E-state index in [-0.39, 0.29) is 11.2 Å². The summed E-state index contributed by atoms with van der Waals surface area (Å²) >= 11 is 0.